The second-order valence-corrected chi connectivity index (χ2v) is 4.74. The SMILES string of the molecule is CC1CCC(C(N)=O)CN1c1ccccc1N. The summed E-state index contributed by atoms with van der Waals surface area (Å²) in [5.74, 6) is -0.276. The van der Waals surface area contributed by atoms with Gasteiger partial charge in [0.1, 0.15) is 0 Å². The Hall–Kier alpha value is -1.71. The maximum absolute atomic E-state index is 11.3. The lowest BCUT2D eigenvalue weighted by atomic mass is 9.92. The molecule has 1 aromatic rings. The molecule has 0 spiro atoms. The van der Waals surface area contributed by atoms with Crippen LogP contribution in [0.1, 0.15) is 19.8 Å². The first-order valence-corrected chi connectivity index (χ1v) is 6.00. The van der Waals surface area contributed by atoms with Crippen molar-refractivity contribution in [3.05, 3.63) is 24.3 Å². The van der Waals surface area contributed by atoms with Crippen LogP contribution in [0.2, 0.25) is 0 Å². The molecular formula is C13H19N3O. The molecule has 1 fully saturated rings. The highest BCUT2D eigenvalue weighted by molar-refractivity contribution is 5.78. The fraction of sp³-hybridized carbons (Fsp3) is 0.462. The summed E-state index contributed by atoms with van der Waals surface area (Å²) in [7, 11) is 0. The summed E-state index contributed by atoms with van der Waals surface area (Å²) >= 11 is 0. The van der Waals surface area contributed by atoms with E-state index in [4.69, 9.17) is 11.5 Å². The fourth-order valence-corrected chi connectivity index (χ4v) is 2.42. The zero-order chi connectivity index (χ0) is 12.4. The number of benzene rings is 1. The van der Waals surface area contributed by atoms with Crippen molar-refractivity contribution in [3.63, 3.8) is 0 Å². The van der Waals surface area contributed by atoms with E-state index < -0.39 is 0 Å². The first-order valence-electron chi connectivity index (χ1n) is 6.00. The Morgan fingerprint density at radius 1 is 1.35 bits per heavy atom. The molecular weight excluding hydrogens is 214 g/mol. The van der Waals surface area contributed by atoms with Crippen LogP contribution in [0.3, 0.4) is 0 Å². The highest BCUT2D eigenvalue weighted by Crippen LogP contribution is 2.31. The van der Waals surface area contributed by atoms with Gasteiger partial charge in [0.15, 0.2) is 0 Å². The number of hydrogen-bond acceptors (Lipinski definition) is 3. The third-order valence-corrected chi connectivity index (χ3v) is 3.53. The molecule has 1 heterocycles. The molecule has 0 bridgehead atoms. The number of amides is 1. The Balaban J connectivity index is 2.24. The van der Waals surface area contributed by atoms with Crippen LogP contribution < -0.4 is 16.4 Å². The second kappa shape index (κ2) is 4.65. The van der Waals surface area contributed by atoms with Crippen LogP contribution in [0.4, 0.5) is 11.4 Å². The number of carbonyl (C=O) groups is 1. The minimum absolute atomic E-state index is 0.0641. The smallest absolute Gasteiger partial charge is 0.222 e. The predicted octanol–water partition coefficient (Wildman–Crippen LogP) is 1.36. The molecule has 1 amide bonds. The second-order valence-electron chi connectivity index (χ2n) is 4.74. The van der Waals surface area contributed by atoms with Gasteiger partial charge < -0.3 is 16.4 Å². The molecule has 2 unspecified atom stereocenters. The zero-order valence-electron chi connectivity index (χ0n) is 10.1. The first-order chi connectivity index (χ1) is 8.09. The van der Waals surface area contributed by atoms with E-state index in [9.17, 15) is 4.79 Å². The summed E-state index contributed by atoms with van der Waals surface area (Å²) in [6, 6.07) is 8.16. The number of rotatable bonds is 2. The zero-order valence-corrected chi connectivity index (χ0v) is 10.1. The monoisotopic (exact) mass is 233 g/mol. The molecule has 1 saturated heterocycles. The average molecular weight is 233 g/mol. The fourth-order valence-electron chi connectivity index (χ4n) is 2.42. The third kappa shape index (κ3) is 2.35. The van der Waals surface area contributed by atoms with E-state index >= 15 is 0 Å². The summed E-state index contributed by atoms with van der Waals surface area (Å²) < 4.78 is 0. The van der Waals surface area contributed by atoms with Crippen molar-refractivity contribution < 1.29 is 4.79 Å². The van der Waals surface area contributed by atoms with Crippen LogP contribution in [0.5, 0.6) is 0 Å². The maximum atomic E-state index is 11.3. The van der Waals surface area contributed by atoms with Gasteiger partial charge in [-0.05, 0) is 31.9 Å². The molecule has 1 aliphatic rings. The molecule has 92 valence electrons. The summed E-state index contributed by atoms with van der Waals surface area (Å²) in [6.45, 7) is 2.83. The number of anilines is 2. The number of carbonyl (C=O) groups excluding carboxylic acids is 1. The molecule has 0 radical (unpaired) electrons. The van der Waals surface area contributed by atoms with Gasteiger partial charge in [-0.1, -0.05) is 12.1 Å². The van der Waals surface area contributed by atoms with Gasteiger partial charge in [0.05, 0.1) is 17.3 Å². The number of nitrogens with zero attached hydrogens (tertiary/aromatic N) is 1. The van der Waals surface area contributed by atoms with Gasteiger partial charge >= 0.3 is 0 Å². The molecule has 0 aliphatic carbocycles. The van der Waals surface area contributed by atoms with Gasteiger partial charge in [-0.3, -0.25) is 4.79 Å². The number of hydrogen-bond donors (Lipinski definition) is 2. The van der Waals surface area contributed by atoms with Crippen molar-refractivity contribution in [1.29, 1.82) is 0 Å². The van der Waals surface area contributed by atoms with Gasteiger partial charge in [-0.2, -0.15) is 0 Å². The van der Waals surface area contributed by atoms with E-state index in [1.807, 2.05) is 24.3 Å². The molecule has 17 heavy (non-hydrogen) atoms. The van der Waals surface area contributed by atoms with Crippen molar-refractivity contribution >= 4 is 17.3 Å². The first kappa shape index (κ1) is 11.8. The minimum atomic E-state index is -0.212. The van der Waals surface area contributed by atoms with Gasteiger partial charge in [-0.15, -0.1) is 0 Å². The Labute approximate surface area is 102 Å². The number of para-hydroxylation sites is 2. The number of primary amides is 1. The average Bonchev–Trinajstić information content (AvgIpc) is 2.30. The van der Waals surface area contributed by atoms with Gasteiger partial charge in [-0.25, -0.2) is 0 Å². The van der Waals surface area contributed by atoms with E-state index in [0.29, 0.717) is 12.6 Å². The van der Waals surface area contributed by atoms with Crippen molar-refractivity contribution in [2.75, 3.05) is 17.2 Å². The predicted molar refractivity (Wildman–Crippen MR) is 69.6 cm³/mol. The third-order valence-electron chi connectivity index (χ3n) is 3.53. The Morgan fingerprint density at radius 3 is 2.71 bits per heavy atom. The molecule has 4 nitrogen and oxygen atoms in total. The lowest BCUT2D eigenvalue weighted by Gasteiger charge is -2.39. The number of nitrogens with two attached hydrogens (primary N) is 2. The Morgan fingerprint density at radius 2 is 2.06 bits per heavy atom. The van der Waals surface area contributed by atoms with Gasteiger partial charge in [0.25, 0.3) is 0 Å². The minimum Gasteiger partial charge on any atom is -0.397 e. The van der Waals surface area contributed by atoms with Crippen LogP contribution >= 0.6 is 0 Å². The number of piperidine rings is 1. The highest BCUT2D eigenvalue weighted by atomic mass is 16.1. The van der Waals surface area contributed by atoms with Gasteiger partial charge in [0, 0.05) is 12.6 Å². The van der Waals surface area contributed by atoms with Crippen molar-refractivity contribution in [1.82, 2.24) is 0 Å². The lowest BCUT2D eigenvalue weighted by Crippen LogP contribution is -2.46. The quantitative estimate of drug-likeness (QED) is 0.757. The van der Waals surface area contributed by atoms with E-state index in [2.05, 4.69) is 11.8 Å². The van der Waals surface area contributed by atoms with E-state index in [-0.39, 0.29) is 11.8 Å². The van der Waals surface area contributed by atoms with Crippen LogP contribution in [0.15, 0.2) is 24.3 Å². The molecule has 4 N–H and O–H groups in total. The molecule has 4 heteroatoms. The molecule has 1 aliphatic heterocycles. The number of nitrogen functional groups attached to an aromatic ring is 1. The normalized spacial score (nSPS) is 24.6. The van der Waals surface area contributed by atoms with E-state index in [1.165, 1.54) is 0 Å². The van der Waals surface area contributed by atoms with Crippen LogP contribution in [-0.4, -0.2) is 18.5 Å². The largest absolute Gasteiger partial charge is 0.397 e. The van der Waals surface area contributed by atoms with Crippen molar-refractivity contribution in [2.24, 2.45) is 11.7 Å². The highest BCUT2D eigenvalue weighted by Gasteiger charge is 2.29. The van der Waals surface area contributed by atoms with Crippen molar-refractivity contribution in [2.45, 2.75) is 25.8 Å². The van der Waals surface area contributed by atoms with Gasteiger partial charge in [0.2, 0.25) is 5.91 Å². The molecule has 0 saturated carbocycles. The van der Waals surface area contributed by atoms with Crippen LogP contribution in [0.25, 0.3) is 0 Å². The topological polar surface area (TPSA) is 72.4 Å². The molecule has 0 aromatic heterocycles. The van der Waals surface area contributed by atoms with Crippen LogP contribution in [-0.2, 0) is 4.79 Å². The molecule has 1 aromatic carbocycles. The van der Waals surface area contributed by atoms with E-state index in [0.717, 1.165) is 24.2 Å². The maximum Gasteiger partial charge on any atom is 0.222 e. The van der Waals surface area contributed by atoms with Crippen molar-refractivity contribution in [3.8, 4) is 0 Å². The Kier molecular flexibility index (Phi) is 3.22. The summed E-state index contributed by atoms with van der Waals surface area (Å²) in [5.41, 5.74) is 13.1. The van der Waals surface area contributed by atoms with E-state index in [1.54, 1.807) is 0 Å². The lowest BCUT2D eigenvalue weighted by molar-refractivity contribution is -0.122. The summed E-state index contributed by atoms with van der Waals surface area (Å²) in [6.07, 6.45) is 1.85. The summed E-state index contributed by atoms with van der Waals surface area (Å²) in [5, 5.41) is 0. The summed E-state index contributed by atoms with van der Waals surface area (Å²) in [4.78, 5) is 13.5. The standard InChI is InChI=1S/C13H19N3O/c1-9-6-7-10(13(15)17)8-16(9)12-5-3-2-4-11(12)14/h2-5,9-10H,6-8,14H2,1H3,(H2,15,17). The van der Waals surface area contributed by atoms with Crippen LogP contribution in [0, 0.1) is 5.92 Å². The molecule has 2 rings (SSSR count). The Bertz CT molecular complexity index is 419. The molecule has 2 atom stereocenters.